The molecule has 0 heterocycles. The standard InChI is InChI=1S/2C17H15P.2ClH.Fe.Pd/c2*1-3-9-15(10-4-1)18(17-13-7-8-14-17)16-11-5-2-6-12-16;;;;/h2*1-14,18H;2*1H;;/q;;;;2*+2/p-2. The Hall–Kier alpha value is -1.80. The Morgan fingerprint density at radius 3 is 0.725 bits per heavy atom. The average molecular weight is 734 g/mol. The second-order valence-corrected chi connectivity index (χ2v) is 13.5. The van der Waals surface area contributed by atoms with E-state index >= 15 is 0 Å². The van der Waals surface area contributed by atoms with Crippen molar-refractivity contribution in [3.63, 3.8) is 0 Å². The molecule has 0 spiro atoms. The summed E-state index contributed by atoms with van der Waals surface area (Å²) in [5, 5.41) is 8.69. The maximum absolute atomic E-state index is 2.24. The van der Waals surface area contributed by atoms with Gasteiger partial charge in [0.05, 0.1) is 21.2 Å². The maximum Gasteiger partial charge on any atom is 2.00 e. The molecule has 6 rings (SSSR count). The minimum atomic E-state index is -0.834. The van der Waals surface area contributed by atoms with Crippen LogP contribution in [0.5, 0.6) is 0 Å². The normalized spacial score (nSPS) is 9.65. The Balaban J connectivity index is 0.000000364. The van der Waals surface area contributed by atoms with Gasteiger partial charge >= 0.3 is 37.5 Å². The summed E-state index contributed by atoms with van der Waals surface area (Å²) in [6, 6.07) is 60.8. The van der Waals surface area contributed by atoms with Crippen molar-refractivity contribution < 1.29 is 62.3 Å². The molecule has 6 heteroatoms. The molecule has 0 aliphatic rings. The van der Waals surface area contributed by atoms with Crippen molar-refractivity contribution in [1.29, 1.82) is 0 Å². The number of halogens is 2. The first-order valence-electron chi connectivity index (χ1n) is 12.3. The monoisotopic (exact) mass is 732 g/mol. The van der Waals surface area contributed by atoms with Crippen LogP contribution in [0.4, 0.5) is 0 Å². The molecular formula is C34H30Cl2FeP2Pd+2. The van der Waals surface area contributed by atoms with E-state index in [0.29, 0.717) is 0 Å². The second kappa shape index (κ2) is 19.3. The minimum Gasteiger partial charge on any atom is -1.00 e. The maximum atomic E-state index is 2.24. The zero-order valence-corrected chi connectivity index (χ0v) is 27.8. The van der Waals surface area contributed by atoms with Gasteiger partial charge in [0.15, 0.2) is 0 Å². The van der Waals surface area contributed by atoms with Crippen molar-refractivity contribution in [3.05, 3.63) is 170 Å². The van der Waals surface area contributed by atoms with Gasteiger partial charge < -0.3 is 24.8 Å². The van der Waals surface area contributed by atoms with Crippen molar-refractivity contribution >= 4 is 47.7 Å². The predicted octanol–water partition coefficient (Wildman–Crippen LogP) is -0.205. The molecular weight excluding hydrogens is 703 g/mol. The molecule has 0 aromatic heterocycles. The number of hydrogen-bond acceptors (Lipinski definition) is 0. The molecule has 0 atom stereocenters. The fraction of sp³-hybridized carbons (Fsp3) is 0. The molecule has 0 unspecified atom stereocenters. The Kier molecular flexibility index (Phi) is 17.5. The molecule has 6 aromatic carbocycles. The number of benzene rings is 4. The molecule has 0 radical (unpaired) electrons. The van der Waals surface area contributed by atoms with Crippen LogP contribution in [0, 0.1) is 0 Å². The van der Waals surface area contributed by atoms with Crippen molar-refractivity contribution in [2.75, 3.05) is 0 Å². The van der Waals surface area contributed by atoms with Gasteiger partial charge in [0, 0.05) is 15.8 Å². The Labute approximate surface area is 277 Å². The average Bonchev–Trinajstić information content (AvgIpc) is 3.68. The first kappa shape index (κ1) is 36.2. The molecule has 0 saturated carbocycles. The summed E-state index contributed by atoms with van der Waals surface area (Å²) in [7, 11) is -1.67. The summed E-state index contributed by atoms with van der Waals surface area (Å²) in [5.74, 6) is 0. The third kappa shape index (κ3) is 9.64. The SMILES string of the molecule is [Cl-].[Cl-].[Fe+2].[Pd+2].c1ccc([PH+](c2ccccc2)[c-]2cccc2)cc1.c1ccc([PH+](c2ccccc2)[c-]2cccc2)cc1. The van der Waals surface area contributed by atoms with Gasteiger partial charge in [0.2, 0.25) is 0 Å². The third-order valence-electron chi connectivity index (χ3n) is 6.15. The van der Waals surface area contributed by atoms with Crippen molar-refractivity contribution in [3.8, 4) is 0 Å². The fourth-order valence-corrected chi connectivity index (χ4v) is 9.66. The van der Waals surface area contributed by atoms with Crippen LogP contribution in [0.3, 0.4) is 0 Å². The van der Waals surface area contributed by atoms with Crippen LogP contribution < -0.4 is 56.6 Å². The second-order valence-electron chi connectivity index (χ2n) is 8.56. The number of hydrogen-bond donors (Lipinski definition) is 0. The van der Waals surface area contributed by atoms with Gasteiger partial charge in [-0.25, -0.2) is 24.3 Å². The van der Waals surface area contributed by atoms with E-state index in [9.17, 15) is 0 Å². The third-order valence-corrected chi connectivity index (χ3v) is 11.6. The van der Waals surface area contributed by atoms with Gasteiger partial charge in [-0.1, -0.05) is 72.8 Å². The smallest absolute Gasteiger partial charge is 1.00 e. The van der Waals surface area contributed by atoms with Crippen LogP contribution in [0.15, 0.2) is 170 Å². The molecule has 6 aromatic rings. The summed E-state index contributed by atoms with van der Waals surface area (Å²) in [4.78, 5) is 0. The van der Waals surface area contributed by atoms with Gasteiger partial charge in [-0.3, -0.25) is 0 Å². The molecule has 0 aliphatic heterocycles. The molecule has 0 nitrogen and oxygen atoms in total. The summed E-state index contributed by atoms with van der Waals surface area (Å²) >= 11 is 0. The summed E-state index contributed by atoms with van der Waals surface area (Å²) < 4.78 is 0. The van der Waals surface area contributed by atoms with E-state index in [1.165, 1.54) is 31.8 Å². The van der Waals surface area contributed by atoms with E-state index in [1.807, 2.05) is 0 Å². The molecule has 0 N–H and O–H groups in total. The molecule has 0 bridgehead atoms. The van der Waals surface area contributed by atoms with Crippen LogP contribution in [-0.2, 0) is 37.5 Å². The largest absolute Gasteiger partial charge is 2.00 e. The molecule has 0 amide bonds. The summed E-state index contributed by atoms with van der Waals surface area (Å²) in [6.07, 6.45) is 0. The molecule has 0 fully saturated rings. The Morgan fingerprint density at radius 2 is 0.525 bits per heavy atom. The van der Waals surface area contributed by atoms with Gasteiger partial charge in [0.1, 0.15) is 0 Å². The van der Waals surface area contributed by atoms with Gasteiger partial charge in [-0.2, -0.15) is 0 Å². The zero-order valence-electron chi connectivity index (χ0n) is 21.6. The number of rotatable bonds is 6. The summed E-state index contributed by atoms with van der Waals surface area (Å²) in [6.45, 7) is 0. The Morgan fingerprint density at radius 1 is 0.325 bits per heavy atom. The van der Waals surface area contributed by atoms with E-state index in [0.717, 1.165) is 0 Å². The van der Waals surface area contributed by atoms with Crippen LogP contribution in [0.25, 0.3) is 0 Å². The molecule has 206 valence electrons. The van der Waals surface area contributed by atoms with E-state index in [4.69, 9.17) is 0 Å². The van der Waals surface area contributed by atoms with Crippen LogP contribution >= 0.6 is 15.8 Å². The van der Waals surface area contributed by atoms with Crippen molar-refractivity contribution in [2.24, 2.45) is 0 Å². The molecule has 40 heavy (non-hydrogen) atoms. The first-order valence-corrected chi connectivity index (χ1v) is 15.3. The van der Waals surface area contributed by atoms with E-state index in [2.05, 4.69) is 170 Å². The van der Waals surface area contributed by atoms with Crippen molar-refractivity contribution in [2.45, 2.75) is 0 Å². The topological polar surface area (TPSA) is 0 Å². The van der Waals surface area contributed by atoms with Crippen molar-refractivity contribution in [1.82, 2.24) is 0 Å². The molecule has 0 saturated heterocycles. The van der Waals surface area contributed by atoms with E-state index < -0.39 is 15.8 Å². The van der Waals surface area contributed by atoms with Crippen LogP contribution in [0.2, 0.25) is 0 Å². The van der Waals surface area contributed by atoms with E-state index in [-0.39, 0.29) is 62.3 Å². The van der Waals surface area contributed by atoms with Gasteiger partial charge in [0.25, 0.3) is 0 Å². The van der Waals surface area contributed by atoms with Gasteiger partial charge in [-0.15, -0.1) is 24.3 Å². The Bertz CT molecular complexity index is 1220. The quantitative estimate of drug-likeness (QED) is 0.127. The van der Waals surface area contributed by atoms with Crippen LogP contribution in [-0.4, -0.2) is 0 Å². The summed E-state index contributed by atoms with van der Waals surface area (Å²) in [5.41, 5.74) is 0. The first-order chi connectivity index (χ1) is 17.9. The molecule has 0 aliphatic carbocycles. The van der Waals surface area contributed by atoms with Gasteiger partial charge in [-0.05, 0) is 59.1 Å². The predicted molar refractivity (Wildman–Crippen MR) is 164 cm³/mol. The minimum absolute atomic E-state index is 0. The van der Waals surface area contributed by atoms with Crippen LogP contribution in [0.1, 0.15) is 0 Å². The fourth-order valence-electron chi connectivity index (χ4n) is 4.50. The zero-order chi connectivity index (χ0) is 24.4. The van der Waals surface area contributed by atoms with E-state index in [1.54, 1.807) is 0 Å².